The van der Waals surface area contributed by atoms with E-state index in [0.717, 1.165) is 11.0 Å². The maximum Gasteiger partial charge on any atom is 0.129 e. The SMILES string of the molecule is CC(C)n1c(C(N)CO)nc2cc(Cl)ccc21. The first kappa shape index (κ1) is 12.4. The average Bonchev–Trinajstić information content (AvgIpc) is 2.66. The van der Waals surface area contributed by atoms with Gasteiger partial charge in [-0.15, -0.1) is 0 Å². The van der Waals surface area contributed by atoms with E-state index >= 15 is 0 Å². The van der Waals surface area contributed by atoms with Gasteiger partial charge in [-0.3, -0.25) is 0 Å². The predicted octanol–water partition coefficient (Wildman–Crippen LogP) is 2.26. The van der Waals surface area contributed by atoms with Crippen molar-refractivity contribution in [3.05, 3.63) is 29.0 Å². The Kier molecular flexibility index (Phi) is 3.38. The minimum absolute atomic E-state index is 0.121. The maximum atomic E-state index is 9.17. The van der Waals surface area contributed by atoms with E-state index in [0.29, 0.717) is 10.8 Å². The Morgan fingerprint density at radius 1 is 1.47 bits per heavy atom. The summed E-state index contributed by atoms with van der Waals surface area (Å²) in [5.41, 5.74) is 7.67. The Morgan fingerprint density at radius 3 is 2.76 bits per heavy atom. The topological polar surface area (TPSA) is 64.1 Å². The normalized spacial score (nSPS) is 13.5. The number of halogens is 1. The maximum absolute atomic E-state index is 9.17. The van der Waals surface area contributed by atoms with E-state index in [-0.39, 0.29) is 12.6 Å². The molecule has 0 fully saturated rings. The Balaban J connectivity index is 2.70. The van der Waals surface area contributed by atoms with Crippen LogP contribution in [-0.2, 0) is 0 Å². The number of fused-ring (bicyclic) bond motifs is 1. The minimum atomic E-state index is -0.469. The third-order valence-electron chi connectivity index (χ3n) is 2.72. The number of benzene rings is 1. The van der Waals surface area contributed by atoms with E-state index in [1.807, 2.05) is 22.8 Å². The summed E-state index contributed by atoms with van der Waals surface area (Å²) in [6, 6.07) is 5.33. The van der Waals surface area contributed by atoms with E-state index in [9.17, 15) is 0 Å². The fraction of sp³-hybridized carbons (Fsp3) is 0.417. The molecule has 17 heavy (non-hydrogen) atoms. The first-order valence-corrected chi connectivity index (χ1v) is 5.96. The predicted molar refractivity (Wildman–Crippen MR) is 69.1 cm³/mol. The van der Waals surface area contributed by atoms with E-state index in [1.54, 1.807) is 0 Å². The van der Waals surface area contributed by atoms with Crippen molar-refractivity contribution < 1.29 is 5.11 Å². The van der Waals surface area contributed by atoms with Crippen LogP contribution in [0.1, 0.15) is 31.8 Å². The molecule has 0 saturated heterocycles. The molecule has 0 aliphatic rings. The minimum Gasteiger partial charge on any atom is -0.394 e. The van der Waals surface area contributed by atoms with Crippen LogP contribution in [0.5, 0.6) is 0 Å². The number of hydrogen-bond donors (Lipinski definition) is 2. The molecule has 0 bridgehead atoms. The molecule has 0 spiro atoms. The summed E-state index contributed by atoms with van der Waals surface area (Å²) in [5.74, 6) is 0.694. The molecule has 0 aliphatic carbocycles. The highest BCUT2D eigenvalue weighted by molar-refractivity contribution is 6.31. The average molecular weight is 254 g/mol. The van der Waals surface area contributed by atoms with Gasteiger partial charge in [-0.1, -0.05) is 11.6 Å². The van der Waals surface area contributed by atoms with E-state index < -0.39 is 6.04 Å². The van der Waals surface area contributed by atoms with Crippen molar-refractivity contribution in [1.82, 2.24) is 9.55 Å². The number of nitrogens with two attached hydrogens (primary N) is 1. The molecule has 1 heterocycles. The summed E-state index contributed by atoms with van der Waals surface area (Å²) in [6.07, 6.45) is 0. The number of aromatic nitrogens is 2. The second kappa shape index (κ2) is 4.64. The van der Waals surface area contributed by atoms with Gasteiger partial charge in [-0.05, 0) is 32.0 Å². The Labute approximate surface area is 105 Å². The van der Waals surface area contributed by atoms with Gasteiger partial charge in [0.2, 0.25) is 0 Å². The first-order valence-electron chi connectivity index (χ1n) is 5.58. The quantitative estimate of drug-likeness (QED) is 0.882. The molecule has 1 atom stereocenters. The molecule has 1 aromatic carbocycles. The standard InChI is InChI=1S/C12H16ClN3O/c1-7(2)16-11-4-3-8(13)5-10(11)15-12(16)9(14)6-17/h3-5,7,9,17H,6,14H2,1-2H3. The summed E-state index contributed by atoms with van der Waals surface area (Å²) in [4.78, 5) is 4.46. The fourth-order valence-electron chi connectivity index (χ4n) is 1.98. The number of aliphatic hydroxyl groups is 1. The van der Waals surface area contributed by atoms with Crippen LogP contribution in [0.4, 0.5) is 0 Å². The number of rotatable bonds is 3. The fourth-order valence-corrected chi connectivity index (χ4v) is 2.14. The van der Waals surface area contributed by atoms with Crippen LogP contribution in [-0.4, -0.2) is 21.3 Å². The van der Waals surface area contributed by atoms with Gasteiger partial charge in [-0.25, -0.2) is 4.98 Å². The van der Waals surface area contributed by atoms with Crippen LogP contribution < -0.4 is 5.73 Å². The van der Waals surface area contributed by atoms with Crippen molar-refractivity contribution in [1.29, 1.82) is 0 Å². The van der Waals surface area contributed by atoms with Crippen LogP contribution in [0.3, 0.4) is 0 Å². The molecular formula is C12H16ClN3O. The van der Waals surface area contributed by atoms with Gasteiger partial charge in [0.25, 0.3) is 0 Å². The molecule has 5 heteroatoms. The van der Waals surface area contributed by atoms with Crippen molar-refractivity contribution in [3.8, 4) is 0 Å². The van der Waals surface area contributed by atoms with Crippen LogP contribution in [0.2, 0.25) is 5.02 Å². The summed E-state index contributed by atoms with van der Waals surface area (Å²) >= 11 is 5.94. The third-order valence-corrected chi connectivity index (χ3v) is 2.96. The number of imidazole rings is 1. The first-order chi connectivity index (χ1) is 8.04. The molecule has 2 aromatic rings. The molecular weight excluding hydrogens is 238 g/mol. The second-order valence-electron chi connectivity index (χ2n) is 4.36. The lowest BCUT2D eigenvalue weighted by molar-refractivity contribution is 0.260. The third kappa shape index (κ3) is 2.16. The van der Waals surface area contributed by atoms with Crippen molar-refractivity contribution in [2.75, 3.05) is 6.61 Å². The van der Waals surface area contributed by atoms with Crippen molar-refractivity contribution in [3.63, 3.8) is 0 Å². The van der Waals surface area contributed by atoms with Crippen molar-refractivity contribution >= 4 is 22.6 Å². The lowest BCUT2D eigenvalue weighted by atomic mass is 10.2. The molecule has 0 radical (unpaired) electrons. The van der Waals surface area contributed by atoms with E-state index in [1.165, 1.54) is 0 Å². The van der Waals surface area contributed by atoms with Crippen molar-refractivity contribution in [2.24, 2.45) is 5.73 Å². The van der Waals surface area contributed by atoms with Crippen LogP contribution in [0.25, 0.3) is 11.0 Å². The molecule has 2 rings (SSSR count). The van der Waals surface area contributed by atoms with Crippen LogP contribution >= 0.6 is 11.6 Å². The molecule has 4 nitrogen and oxygen atoms in total. The van der Waals surface area contributed by atoms with E-state index in [4.69, 9.17) is 22.4 Å². The van der Waals surface area contributed by atoms with Gasteiger partial charge in [-0.2, -0.15) is 0 Å². The van der Waals surface area contributed by atoms with Gasteiger partial charge in [0.1, 0.15) is 5.82 Å². The smallest absolute Gasteiger partial charge is 0.129 e. The monoisotopic (exact) mass is 253 g/mol. The molecule has 0 aliphatic heterocycles. The zero-order valence-electron chi connectivity index (χ0n) is 9.89. The zero-order chi connectivity index (χ0) is 12.6. The number of hydrogen-bond acceptors (Lipinski definition) is 3. The molecule has 0 amide bonds. The Morgan fingerprint density at radius 2 is 2.18 bits per heavy atom. The number of nitrogens with zero attached hydrogens (tertiary/aromatic N) is 2. The van der Waals surface area contributed by atoms with Gasteiger partial charge >= 0.3 is 0 Å². The molecule has 1 unspecified atom stereocenters. The lowest BCUT2D eigenvalue weighted by Gasteiger charge is -2.16. The Hall–Kier alpha value is -1.10. The van der Waals surface area contributed by atoms with Gasteiger partial charge in [0, 0.05) is 11.1 Å². The highest BCUT2D eigenvalue weighted by atomic mass is 35.5. The molecule has 3 N–H and O–H groups in total. The lowest BCUT2D eigenvalue weighted by Crippen LogP contribution is -2.20. The van der Waals surface area contributed by atoms with Gasteiger partial charge in [0.15, 0.2) is 0 Å². The highest BCUT2D eigenvalue weighted by Crippen LogP contribution is 2.26. The van der Waals surface area contributed by atoms with Crippen LogP contribution in [0.15, 0.2) is 18.2 Å². The summed E-state index contributed by atoms with van der Waals surface area (Å²) in [7, 11) is 0. The molecule has 1 aromatic heterocycles. The van der Waals surface area contributed by atoms with Gasteiger partial charge < -0.3 is 15.4 Å². The second-order valence-corrected chi connectivity index (χ2v) is 4.79. The van der Waals surface area contributed by atoms with Crippen LogP contribution in [0, 0.1) is 0 Å². The highest BCUT2D eigenvalue weighted by Gasteiger charge is 2.18. The van der Waals surface area contributed by atoms with Crippen molar-refractivity contribution in [2.45, 2.75) is 25.9 Å². The molecule has 0 saturated carbocycles. The van der Waals surface area contributed by atoms with Gasteiger partial charge in [0.05, 0.1) is 23.7 Å². The largest absolute Gasteiger partial charge is 0.394 e. The Bertz CT molecular complexity index is 536. The summed E-state index contributed by atoms with van der Waals surface area (Å²) < 4.78 is 2.03. The number of aliphatic hydroxyl groups excluding tert-OH is 1. The summed E-state index contributed by atoms with van der Waals surface area (Å²) in [6.45, 7) is 4.00. The van der Waals surface area contributed by atoms with E-state index in [2.05, 4.69) is 18.8 Å². The summed E-state index contributed by atoms with van der Waals surface area (Å²) in [5, 5.41) is 9.82. The molecule has 92 valence electrons. The zero-order valence-corrected chi connectivity index (χ0v) is 10.6.